The summed E-state index contributed by atoms with van der Waals surface area (Å²) in [4.78, 5) is 17.4. The number of benzene rings is 1. The number of carbonyl (C=O) groups excluding carboxylic acids is 1. The minimum atomic E-state index is 0.0192. The van der Waals surface area contributed by atoms with Crippen LogP contribution in [-0.2, 0) is 4.79 Å². The van der Waals surface area contributed by atoms with E-state index in [9.17, 15) is 4.79 Å². The van der Waals surface area contributed by atoms with Gasteiger partial charge in [-0.25, -0.2) is 4.98 Å². The third-order valence-corrected chi connectivity index (χ3v) is 2.60. The van der Waals surface area contributed by atoms with Crippen LogP contribution in [0.1, 0.15) is 6.92 Å². The molecule has 0 atom stereocenters. The Morgan fingerprint density at radius 3 is 3.12 bits per heavy atom. The van der Waals surface area contributed by atoms with Crippen molar-refractivity contribution in [2.45, 2.75) is 6.92 Å². The van der Waals surface area contributed by atoms with E-state index in [1.165, 1.54) is 6.39 Å². The third-order valence-electron chi connectivity index (χ3n) is 2.60. The summed E-state index contributed by atoms with van der Waals surface area (Å²) >= 11 is 0. The zero-order valence-corrected chi connectivity index (χ0v) is 9.93. The number of anilines is 1. The Hall–Kier alpha value is -1.88. The molecule has 0 radical (unpaired) electrons. The second-order valence-corrected chi connectivity index (χ2v) is 3.74. The fourth-order valence-corrected chi connectivity index (χ4v) is 1.55. The maximum atomic E-state index is 11.8. The number of hydrogen-bond donors (Lipinski definition) is 1. The van der Waals surface area contributed by atoms with Crippen molar-refractivity contribution in [2.75, 3.05) is 25.0 Å². The summed E-state index contributed by atoms with van der Waals surface area (Å²) in [6.07, 6.45) is 1.40. The van der Waals surface area contributed by atoms with Gasteiger partial charge < -0.3 is 14.6 Å². The van der Waals surface area contributed by atoms with Gasteiger partial charge in [0.05, 0.1) is 6.54 Å². The normalized spacial score (nSPS) is 10.7. The lowest BCUT2D eigenvalue weighted by molar-refractivity contribution is -0.117. The topological polar surface area (TPSA) is 58.4 Å². The van der Waals surface area contributed by atoms with Crippen LogP contribution in [0.3, 0.4) is 0 Å². The third kappa shape index (κ3) is 2.45. The predicted octanol–water partition coefficient (Wildman–Crippen LogP) is 1.40. The smallest absolute Gasteiger partial charge is 0.240 e. The molecule has 17 heavy (non-hydrogen) atoms. The second-order valence-electron chi connectivity index (χ2n) is 3.74. The van der Waals surface area contributed by atoms with E-state index in [0.717, 1.165) is 17.7 Å². The van der Waals surface area contributed by atoms with Gasteiger partial charge in [0.1, 0.15) is 5.52 Å². The number of fused-ring (bicyclic) bond motifs is 1. The van der Waals surface area contributed by atoms with Crippen LogP contribution < -0.4 is 10.2 Å². The molecule has 2 rings (SSSR count). The average molecular weight is 233 g/mol. The van der Waals surface area contributed by atoms with Gasteiger partial charge in [0, 0.05) is 18.8 Å². The molecule has 5 nitrogen and oxygen atoms in total. The molecular formula is C12H15N3O2. The van der Waals surface area contributed by atoms with Crippen LogP contribution in [0.4, 0.5) is 5.69 Å². The van der Waals surface area contributed by atoms with Crippen LogP contribution in [-0.4, -0.2) is 31.0 Å². The van der Waals surface area contributed by atoms with E-state index in [1.807, 2.05) is 25.1 Å². The van der Waals surface area contributed by atoms with Crippen LogP contribution in [0, 0.1) is 0 Å². The first-order valence-electron chi connectivity index (χ1n) is 5.53. The first-order valence-corrected chi connectivity index (χ1v) is 5.53. The molecule has 0 fully saturated rings. The second kappa shape index (κ2) is 4.97. The molecule has 90 valence electrons. The Morgan fingerprint density at radius 2 is 2.35 bits per heavy atom. The van der Waals surface area contributed by atoms with Gasteiger partial charge in [0.2, 0.25) is 5.91 Å². The maximum absolute atomic E-state index is 11.8. The van der Waals surface area contributed by atoms with E-state index >= 15 is 0 Å². The first kappa shape index (κ1) is 11.6. The molecular weight excluding hydrogens is 218 g/mol. The van der Waals surface area contributed by atoms with Gasteiger partial charge in [-0.3, -0.25) is 4.79 Å². The molecule has 0 unspecified atom stereocenters. The zero-order chi connectivity index (χ0) is 12.3. The number of nitrogens with one attached hydrogen (secondary N) is 1. The molecule has 2 aromatic rings. The minimum absolute atomic E-state index is 0.0192. The van der Waals surface area contributed by atoms with Crippen LogP contribution in [0.25, 0.3) is 11.1 Å². The van der Waals surface area contributed by atoms with Gasteiger partial charge in [-0.2, -0.15) is 0 Å². The highest BCUT2D eigenvalue weighted by Gasteiger charge is 2.11. The molecule has 0 aliphatic carbocycles. The van der Waals surface area contributed by atoms with Gasteiger partial charge in [-0.1, -0.05) is 6.92 Å². The predicted molar refractivity (Wildman–Crippen MR) is 66.0 cm³/mol. The summed E-state index contributed by atoms with van der Waals surface area (Å²) in [6, 6.07) is 5.51. The molecule has 0 aliphatic rings. The Morgan fingerprint density at radius 1 is 1.53 bits per heavy atom. The fraction of sp³-hybridized carbons (Fsp3) is 0.333. The first-order chi connectivity index (χ1) is 8.22. The van der Waals surface area contributed by atoms with E-state index in [2.05, 4.69) is 10.3 Å². The van der Waals surface area contributed by atoms with Crippen LogP contribution >= 0.6 is 0 Å². The average Bonchev–Trinajstić information content (AvgIpc) is 2.81. The monoisotopic (exact) mass is 233 g/mol. The van der Waals surface area contributed by atoms with Crippen molar-refractivity contribution in [3.8, 4) is 0 Å². The van der Waals surface area contributed by atoms with Gasteiger partial charge in [-0.15, -0.1) is 0 Å². The molecule has 0 aliphatic heterocycles. The highest BCUT2D eigenvalue weighted by molar-refractivity contribution is 5.95. The fourth-order valence-electron chi connectivity index (χ4n) is 1.55. The largest absolute Gasteiger partial charge is 0.443 e. The molecule has 1 amide bonds. The molecule has 1 aromatic carbocycles. The van der Waals surface area contributed by atoms with Crippen molar-refractivity contribution in [1.82, 2.24) is 10.3 Å². The molecule has 0 saturated heterocycles. The van der Waals surface area contributed by atoms with Crippen molar-refractivity contribution in [3.05, 3.63) is 24.6 Å². The Balaban J connectivity index is 2.17. The lowest BCUT2D eigenvalue weighted by Gasteiger charge is -2.17. The summed E-state index contributed by atoms with van der Waals surface area (Å²) in [5.41, 5.74) is 2.28. The molecule has 5 heteroatoms. The summed E-state index contributed by atoms with van der Waals surface area (Å²) in [6.45, 7) is 3.08. The number of nitrogens with zero attached hydrogens (tertiary/aromatic N) is 2. The summed E-state index contributed by atoms with van der Waals surface area (Å²) in [7, 11) is 1.75. The number of amides is 1. The van der Waals surface area contributed by atoms with Gasteiger partial charge in [0.25, 0.3) is 0 Å². The number of hydrogen-bond acceptors (Lipinski definition) is 4. The van der Waals surface area contributed by atoms with Crippen LogP contribution in [0.5, 0.6) is 0 Å². The molecule has 1 N–H and O–H groups in total. The highest BCUT2D eigenvalue weighted by atomic mass is 16.3. The number of likely N-dealkylation sites (N-methyl/N-ethyl adjacent to an activating group) is 2. The van der Waals surface area contributed by atoms with Crippen molar-refractivity contribution in [1.29, 1.82) is 0 Å². The quantitative estimate of drug-likeness (QED) is 0.867. The summed E-state index contributed by atoms with van der Waals surface area (Å²) in [5.74, 6) is 0.0192. The zero-order valence-electron chi connectivity index (χ0n) is 9.93. The molecule has 1 heterocycles. The van der Waals surface area contributed by atoms with Crippen LogP contribution in [0.15, 0.2) is 29.0 Å². The van der Waals surface area contributed by atoms with Gasteiger partial charge >= 0.3 is 0 Å². The molecule has 0 bridgehead atoms. The lowest BCUT2D eigenvalue weighted by atomic mass is 10.2. The summed E-state index contributed by atoms with van der Waals surface area (Å²) < 4.78 is 5.20. The van der Waals surface area contributed by atoms with Gasteiger partial charge in [-0.05, 0) is 18.7 Å². The van der Waals surface area contributed by atoms with Crippen molar-refractivity contribution in [2.24, 2.45) is 0 Å². The van der Waals surface area contributed by atoms with Gasteiger partial charge in [0.15, 0.2) is 12.0 Å². The van der Waals surface area contributed by atoms with E-state index in [1.54, 1.807) is 11.9 Å². The van der Waals surface area contributed by atoms with E-state index in [-0.39, 0.29) is 5.91 Å². The molecule has 1 aromatic heterocycles. The lowest BCUT2D eigenvalue weighted by Crippen LogP contribution is -2.35. The Kier molecular flexibility index (Phi) is 3.39. The van der Waals surface area contributed by atoms with E-state index in [0.29, 0.717) is 12.1 Å². The SMILES string of the molecule is CCNCC(=O)N(C)c1ccc2ncoc2c1. The number of rotatable bonds is 4. The van der Waals surface area contributed by atoms with E-state index in [4.69, 9.17) is 4.42 Å². The number of oxazole rings is 1. The number of aromatic nitrogens is 1. The van der Waals surface area contributed by atoms with Crippen LogP contribution in [0.2, 0.25) is 0 Å². The number of carbonyl (C=O) groups is 1. The minimum Gasteiger partial charge on any atom is -0.443 e. The molecule has 0 saturated carbocycles. The Bertz CT molecular complexity index is 521. The van der Waals surface area contributed by atoms with Crippen molar-refractivity contribution in [3.63, 3.8) is 0 Å². The highest BCUT2D eigenvalue weighted by Crippen LogP contribution is 2.20. The van der Waals surface area contributed by atoms with Crippen molar-refractivity contribution >= 4 is 22.7 Å². The Labute approximate surface area is 99.4 Å². The van der Waals surface area contributed by atoms with Crippen molar-refractivity contribution < 1.29 is 9.21 Å². The summed E-state index contributed by atoms with van der Waals surface area (Å²) in [5, 5.41) is 3.00. The maximum Gasteiger partial charge on any atom is 0.240 e. The standard InChI is InChI=1S/C12H15N3O2/c1-3-13-7-12(16)15(2)9-4-5-10-11(6-9)17-8-14-10/h4-6,8,13H,3,7H2,1-2H3. The molecule has 0 spiro atoms. The van der Waals surface area contributed by atoms with E-state index < -0.39 is 0 Å².